The van der Waals surface area contributed by atoms with Gasteiger partial charge in [0, 0.05) is 43.5 Å². The zero-order chi connectivity index (χ0) is 13.1. The Bertz CT molecular complexity index is 362. The van der Waals surface area contributed by atoms with Crippen LogP contribution in [0.1, 0.15) is 32.4 Å². The van der Waals surface area contributed by atoms with Crippen LogP contribution in [0.15, 0.2) is 25.0 Å². The zero-order valence-corrected chi connectivity index (χ0v) is 11.3. The van der Waals surface area contributed by atoms with Crippen LogP contribution < -0.4 is 5.73 Å². The molecular weight excluding hydrogens is 212 g/mol. The molecule has 1 aromatic heterocycles. The Morgan fingerprint density at radius 1 is 1.59 bits per heavy atom. The van der Waals surface area contributed by atoms with Crippen LogP contribution in [0.5, 0.6) is 0 Å². The maximum atomic E-state index is 6.21. The molecule has 1 unspecified atom stereocenters. The molecule has 0 aromatic carbocycles. The monoisotopic (exact) mass is 236 g/mol. The van der Waals surface area contributed by atoms with Crippen LogP contribution in [-0.2, 0) is 7.05 Å². The van der Waals surface area contributed by atoms with E-state index in [1.54, 1.807) is 4.68 Å². The zero-order valence-electron chi connectivity index (χ0n) is 11.3. The van der Waals surface area contributed by atoms with Crippen molar-refractivity contribution in [2.24, 2.45) is 12.8 Å². The molecule has 96 valence electrons. The second-order valence-electron chi connectivity index (χ2n) is 5.42. The van der Waals surface area contributed by atoms with Gasteiger partial charge in [0.2, 0.25) is 0 Å². The standard InChI is InChI=1S/C13H24N4/c1-6-7-17(13(2,3)4)10-12(14)11-8-15-16(5)9-11/h6,8-9,12H,1,7,10,14H2,2-5H3. The number of hydrogen-bond acceptors (Lipinski definition) is 3. The molecule has 1 heterocycles. The summed E-state index contributed by atoms with van der Waals surface area (Å²) < 4.78 is 1.78. The quantitative estimate of drug-likeness (QED) is 0.792. The normalized spacial score (nSPS) is 14.0. The Kier molecular flexibility index (Phi) is 4.48. The van der Waals surface area contributed by atoms with Gasteiger partial charge in [0.1, 0.15) is 0 Å². The van der Waals surface area contributed by atoms with Crippen molar-refractivity contribution in [1.29, 1.82) is 0 Å². The molecule has 0 aliphatic rings. The minimum Gasteiger partial charge on any atom is -0.323 e. The van der Waals surface area contributed by atoms with Gasteiger partial charge >= 0.3 is 0 Å². The minimum atomic E-state index is -0.0112. The highest BCUT2D eigenvalue weighted by Crippen LogP contribution is 2.18. The van der Waals surface area contributed by atoms with Crippen molar-refractivity contribution < 1.29 is 0 Å². The van der Waals surface area contributed by atoms with Gasteiger partial charge in [-0.1, -0.05) is 6.08 Å². The number of rotatable bonds is 5. The Labute approximate surface area is 104 Å². The topological polar surface area (TPSA) is 47.1 Å². The fourth-order valence-corrected chi connectivity index (χ4v) is 1.75. The predicted octanol–water partition coefficient (Wildman–Crippen LogP) is 1.71. The molecule has 0 saturated carbocycles. The van der Waals surface area contributed by atoms with Crippen LogP contribution in [-0.4, -0.2) is 33.3 Å². The molecule has 1 rings (SSSR count). The van der Waals surface area contributed by atoms with Crippen molar-refractivity contribution >= 4 is 0 Å². The second-order valence-corrected chi connectivity index (χ2v) is 5.42. The van der Waals surface area contributed by atoms with Crippen molar-refractivity contribution in [1.82, 2.24) is 14.7 Å². The van der Waals surface area contributed by atoms with Crippen LogP contribution in [0, 0.1) is 0 Å². The molecule has 0 amide bonds. The van der Waals surface area contributed by atoms with Crippen LogP contribution in [0.2, 0.25) is 0 Å². The van der Waals surface area contributed by atoms with Gasteiger partial charge in [-0.3, -0.25) is 9.58 Å². The van der Waals surface area contributed by atoms with E-state index in [0.717, 1.165) is 18.7 Å². The lowest BCUT2D eigenvalue weighted by atomic mass is 10.0. The van der Waals surface area contributed by atoms with Crippen LogP contribution in [0.25, 0.3) is 0 Å². The summed E-state index contributed by atoms with van der Waals surface area (Å²) in [5.41, 5.74) is 7.37. The largest absolute Gasteiger partial charge is 0.323 e. The predicted molar refractivity (Wildman–Crippen MR) is 71.7 cm³/mol. The van der Waals surface area contributed by atoms with Crippen LogP contribution >= 0.6 is 0 Å². The van der Waals surface area contributed by atoms with Gasteiger partial charge in [0.25, 0.3) is 0 Å². The van der Waals surface area contributed by atoms with E-state index in [-0.39, 0.29) is 11.6 Å². The first kappa shape index (κ1) is 13.9. The Morgan fingerprint density at radius 3 is 2.65 bits per heavy atom. The summed E-state index contributed by atoms with van der Waals surface area (Å²) in [6, 6.07) is -0.0112. The first-order valence-corrected chi connectivity index (χ1v) is 5.94. The molecule has 1 atom stereocenters. The molecular formula is C13H24N4. The van der Waals surface area contributed by atoms with E-state index in [9.17, 15) is 0 Å². The van der Waals surface area contributed by atoms with Crippen molar-refractivity contribution in [3.63, 3.8) is 0 Å². The maximum absolute atomic E-state index is 6.21. The van der Waals surface area contributed by atoms with E-state index in [1.807, 2.05) is 25.5 Å². The molecule has 0 saturated heterocycles. The second kappa shape index (κ2) is 5.47. The number of nitrogens with two attached hydrogens (primary N) is 1. The molecule has 0 aliphatic carbocycles. The SMILES string of the molecule is C=CCN(CC(N)c1cnn(C)c1)C(C)(C)C. The lowest BCUT2D eigenvalue weighted by molar-refractivity contribution is 0.144. The third-order valence-corrected chi connectivity index (χ3v) is 2.87. The van der Waals surface area contributed by atoms with Crippen LogP contribution in [0.4, 0.5) is 0 Å². The highest BCUT2D eigenvalue weighted by atomic mass is 15.2. The van der Waals surface area contributed by atoms with E-state index in [4.69, 9.17) is 5.73 Å². The molecule has 17 heavy (non-hydrogen) atoms. The summed E-state index contributed by atoms with van der Waals surface area (Å²) in [6.07, 6.45) is 5.72. The first-order chi connectivity index (χ1) is 7.84. The van der Waals surface area contributed by atoms with Gasteiger partial charge in [-0.05, 0) is 20.8 Å². The summed E-state index contributed by atoms with van der Waals surface area (Å²) in [5, 5.41) is 4.15. The molecule has 0 radical (unpaired) electrons. The minimum absolute atomic E-state index is 0.0112. The summed E-state index contributed by atoms with van der Waals surface area (Å²) in [5.74, 6) is 0. The fourth-order valence-electron chi connectivity index (χ4n) is 1.75. The lowest BCUT2D eigenvalue weighted by Crippen LogP contribution is -2.45. The number of hydrogen-bond donors (Lipinski definition) is 1. The molecule has 4 heteroatoms. The van der Waals surface area contributed by atoms with E-state index >= 15 is 0 Å². The maximum Gasteiger partial charge on any atom is 0.0537 e. The summed E-state index contributed by atoms with van der Waals surface area (Å²) in [6.45, 7) is 12.0. The van der Waals surface area contributed by atoms with Gasteiger partial charge in [-0.25, -0.2) is 0 Å². The van der Waals surface area contributed by atoms with Gasteiger partial charge in [-0.15, -0.1) is 6.58 Å². The van der Waals surface area contributed by atoms with Crippen LogP contribution in [0.3, 0.4) is 0 Å². The van der Waals surface area contributed by atoms with Gasteiger partial charge in [0.15, 0.2) is 0 Å². The molecule has 4 nitrogen and oxygen atoms in total. The number of nitrogens with zero attached hydrogens (tertiary/aromatic N) is 3. The van der Waals surface area contributed by atoms with E-state index in [1.165, 1.54) is 0 Å². The van der Waals surface area contributed by atoms with Gasteiger partial charge < -0.3 is 5.73 Å². The third-order valence-electron chi connectivity index (χ3n) is 2.87. The molecule has 0 fully saturated rings. The number of aromatic nitrogens is 2. The smallest absolute Gasteiger partial charge is 0.0537 e. The molecule has 1 aromatic rings. The highest BCUT2D eigenvalue weighted by Gasteiger charge is 2.23. The average Bonchev–Trinajstić information content (AvgIpc) is 2.62. The summed E-state index contributed by atoms with van der Waals surface area (Å²) >= 11 is 0. The molecule has 0 aliphatic heterocycles. The fraction of sp³-hybridized carbons (Fsp3) is 0.615. The number of aryl methyl sites for hydroxylation is 1. The molecule has 0 spiro atoms. The van der Waals surface area contributed by atoms with Gasteiger partial charge in [0.05, 0.1) is 6.20 Å². The lowest BCUT2D eigenvalue weighted by Gasteiger charge is -2.36. The summed E-state index contributed by atoms with van der Waals surface area (Å²) in [4.78, 5) is 2.32. The molecule has 2 N–H and O–H groups in total. The Hall–Kier alpha value is -1.13. The summed E-state index contributed by atoms with van der Waals surface area (Å²) in [7, 11) is 1.90. The molecule has 0 bridgehead atoms. The van der Waals surface area contributed by atoms with Crippen molar-refractivity contribution in [2.75, 3.05) is 13.1 Å². The van der Waals surface area contributed by atoms with E-state index < -0.39 is 0 Å². The average molecular weight is 236 g/mol. The first-order valence-electron chi connectivity index (χ1n) is 5.94. The van der Waals surface area contributed by atoms with Gasteiger partial charge in [-0.2, -0.15) is 5.10 Å². The van der Waals surface area contributed by atoms with E-state index in [0.29, 0.717) is 0 Å². The van der Waals surface area contributed by atoms with E-state index in [2.05, 4.69) is 37.3 Å². The Morgan fingerprint density at radius 2 is 2.24 bits per heavy atom. The van der Waals surface area contributed by atoms with Crippen molar-refractivity contribution in [3.05, 3.63) is 30.6 Å². The highest BCUT2D eigenvalue weighted by molar-refractivity contribution is 5.10. The van der Waals surface area contributed by atoms with Crippen molar-refractivity contribution in [2.45, 2.75) is 32.4 Å². The Balaban J connectivity index is 2.70. The third kappa shape index (κ3) is 3.98. The van der Waals surface area contributed by atoms with Crippen molar-refractivity contribution in [3.8, 4) is 0 Å².